The summed E-state index contributed by atoms with van der Waals surface area (Å²) < 4.78 is 83.5. The van der Waals surface area contributed by atoms with Crippen molar-refractivity contribution < 1.29 is 35.9 Å². The Hall–Kier alpha value is -1.45. The van der Waals surface area contributed by atoms with Crippen LogP contribution >= 0.6 is 20.0 Å². The number of rotatable bonds is 14. The third-order valence-corrected chi connectivity index (χ3v) is 7.16. The van der Waals surface area contributed by atoms with Crippen molar-refractivity contribution in [3.05, 3.63) is 64.7 Å². The summed E-state index contributed by atoms with van der Waals surface area (Å²) in [5.74, 6) is -0.613. The molecule has 0 aliphatic rings. The Balaban J connectivity index is 1.90. The van der Waals surface area contributed by atoms with E-state index >= 15 is 0 Å². The van der Waals surface area contributed by atoms with Crippen LogP contribution in [0.3, 0.4) is 0 Å². The molecule has 0 aromatic heterocycles. The maximum atomic E-state index is 14.5. The Morgan fingerprint density at radius 3 is 2.37 bits per heavy atom. The van der Waals surface area contributed by atoms with Crippen LogP contribution in [0.15, 0.2) is 41.3 Å². The molecule has 4 nitrogen and oxygen atoms in total. The normalized spacial score (nSPS) is 13.3. The van der Waals surface area contributed by atoms with Crippen LogP contribution in [0.5, 0.6) is 0 Å². The molecule has 0 amide bonds. The van der Waals surface area contributed by atoms with Crippen molar-refractivity contribution in [2.45, 2.75) is 62.6 Å². The number of benzene rings is 2. The maximum absolute atomic E-state index is 14.5. The van der Waals surface area contributed by atoms with E-state index in [1.54, 1.807) is 12.1 Å². The highest BCUT2D eigenvalue weighted by atomic mass is 32.2. The van der Waals surface area contributed by atoms with E-state index in [1.807, 2.05) is 13.8 Å². The molecule has 0 bridgehead atoms. The first-order valence-corrected chi connectivity index (χ1v) is 13.5. The van der Waals surface area contributed by atoms with Gasteiger partial charge >= 0.3 is 14.4 Å². The summed E-state index contributed by atoms with van der Waals surface area (Å²) in [6.07, 6.45) is -2.06. The number of halogens is 5. The highest BCUT2D eigenvalue weighted by molar-refractivity contribution is 7.99. The summed E-state index contributed by atoms with van der Waals surface area (Å²) in [7, 11) is -3.02. The van der Waals surface area contributed by atoms with Crippen LogP contribution in [0.4, 0.5) is 22.0 Å². The first-order valence-electron chi connectivity index (χ1n) is 11.2. The largest absolute Gasteiger partial charge is 0.417 e. The van der Waals surface area contributed by atoms with Gasteiger partial charge in [0.2, 0.25) is 0 Å². The van der Waals surface area contributed by atoms with Crippen LogP contribution in [-0.2, 0) is 27.2 Å². The van der Waals surface area contributed by atoms with E-state index in [4.69, 9.17) is 4.89 Å². The smallest absolute Gasteiger partial charge is 0.326 e. The van der Waals surface area contributed by atoms with Crippen molar-refractivity contribution in [1.29, 1.82) is 0 Å². The molecule has 1 unspecified atom stereocenters. The third kappa shape index (κ3) is 10.2. The maximum Gasteiger partial charge on any atom is 0.417 e. The average molecular weight is 540 g/mol. The summed E-state index contributed by atoms with van der Waals surface area (Å²) in [6, 6.07) is 8.08. The molecule has 2 aromatic rings. The van der Waals surface area contributed by atoms with E-state index in [9.17, 15) is 26.5 Å². The number of alkyl halides is 3. The van der Waals surface area contributed by atoms with Gasteiger partial charge in [0, 0.05) is 17.0 Å². The second kappa shape index (κ2) is 13.7. The molecule has 2 rings (SSSR count). The Morgan fingerprint density at radius 2 is 1.74 bits per heavy atom. The zero-order chi connectivity index (χ0) is 26.1. The molecule has 11 heteroatoms. The topological polar surface area (TPSA) is 58.6 Å². The molecule has 0 aliphatic heterocycles. The Labute approximate surface area is 207 Å². The molecule has 0 saturated heterocycles. The zero-order valence-corrected chi connectivity index (χ0v) is 21.5. The van der Waals surface area contributed by atoms with Gasteiger partial charge in [-0.2, -0.15) is 13.2 Å². The van der Waals surface area contributed by atoms with Crippen LogP contribution in [0.25, 0.3) is 0 Å². The number of thioether (sulfide) groups is 1. The van der Waals surface area contributed by atoms with Crippen molar-refractivity contribution in [1.82, 2.24) is 5.32 Å². The molecule has 0 saturated carbocycles. The van der Waals surface area contributed by atoms with Gasteiger partial charge in [-0.15, -0.1) is 11.8 Å². The Bertz CT molecular complexity index is 971. The predicted octanol–water partition coefficient (Wildman–Crippen LogP) is 7.10. The fraction of sp³-hybridized carbons (Fsp3) is 0.500. The molecule has 0 aliphatic carbocycles. The van der Waals surface area contributed by atoms with E-state index < -0.39 is 25.8 Å². The average Bonchev–Trinajstić information content (AvgIpc) is 2.76. The summed E-state index contributed by atoms with van der Waals surface area (Å²) in [6.45, 7) is 4.29. The SMILES string of the molecule is CC(C)(CCCCSc1cc(F)c(CNCCCO[PH](=O)O)cc1C(F)(F)F)c1ccc(F)cc1. The Kier molecular flexibility index (Phi) is 11.7. The number of hydrogen-bond donors (Lipinski definition) is 2. The molecular weight excluding hydrogens is 508 g/mol. The minimum absolute atomic E-state index is 0.0221. The lowest BCUT2D eigenvalue weighted by Gasteiger charge is -2.25. The molecular formula is C24H31F5NO3PS. The van der Waals surface area contributed by atoms with Crippen LogP contribution < -0.4 is 5.32 Å². The minimum Gasteiger partial charge on any atom is -0.326 e. The van der Waals surface area contributed by atoms with Crippen molar-refractivity contribution in [2.24, 2.45) is 0 Å². The van der Waals surface area contributed by atoms with E-state index in [2.05, 4.69) is 9.84 Å². The molecule has 0 spiro atoms. The van der Waals surface area contributed by atoms with Gasteiger partial charge in [0.15, 0.2) is 0 Å². The molecule has 0 heterocycles. The van der Waals surface area contributed by atoms with Crippen LogP contribution in [0.2, 0.25) is 0 Å². The molecule has 196 valence electrons. The summed E-state index contributed by atoms with van der Waals surface area (Å²) in [4.78, 5) is 8.43. The number of hydrogen-bond acceptors (Lipinski definition) is 4. The van der Waals surface area contributed by atoms with Gasteiger partial charge in [-0.1, -0.05) is 32.4 Å². The first-order chi connectivity index (χ1) is 16.4. The molecule has 35 heavy (non-hydrogen) atoms. The molecule has 0 fully saturated rings. The van der Waals surface area contributed by atoms with Gasteiger partial charge in [0.1, 0.15) is 11.6 Å². The number of nitrogens with one attached hydrogen (secondary N) is 1. The Morgan fingerprint density at radius 1 is 1.06 bits per heavy atom. The molecule has 1 atom stereocenters. The minimum atomic E-state index is -4.61. The van der Waals surface area contributed by atoms with E-state index in [0.29, 0.717) is 25.1 Å². The second-order valence-corrected chi connectivity index (χ2v) is 10.7. The van der Waals surface area contributed by atoms with Gasteiger partial charge in [-0.25, -0.2) is 8.78 Å². The summed E-state index contributed by atoms with van der Waals surface area (Å²) in [5.41, 5.74) is -0.165. The predicted molar refractivity (Wildman–Crippen MR) is 129 cm³/mol. The summed E-state index contributed by atoms with van der Waals surface area (Å²) >= 11 is 0.986. The van der Waals surface area contributed by atoms with Gasteiger partial charge in [0.25, 0.3) is 0 Å². The quantitative estimate of drug-likeness (QED) is 0.116. The zero-order valence-electron chi connectivity index (χ0n) is 19.7. The van der Waals surface area contributed by atoms with Crippen LogP contribution in [-0.4, -0.2) is 23.8 Å². The van der Waals surface area contributed by atoms with Crippen molar-refractivity contribution in [3.63, 3.8) is 0 Å². The van der Waals surface area contributed by atoms with E-state index in [1.165, 1.54) is 12.1 Å². The molecule has 2 N–H and O–H groups in total. The van der Waals surface area contributed by atoms with Gasteiger partial charge in [0.05, 0.1) is 12.2 Å². The highest BCUT2D eigenvalue weighted by Crippen LogP contribution is 2.39. The van der Waals surface area contributed by atoms with Crippen molar-refractivity contribution >= 4 is 20.0 Å². The van der Waals surface area contributed by atoms with Crippen LogP contribution in [0, 0.1) is 11.6 Å². The lowest BCUT2D eigenvalue weighted by atomic mass is 9.80. The van der Waals surface area contributed by atoms with E-state index in [-0.39, 0.29) is 34.8 Å². The van der Waals surface area contributed by atoms with Gasteiger partial charge in [-0.05, 0) is 66.8 Å². The summed E-state index contributed by atoms with van der Waals surface area (Å²) in [5, 5.41) is 2.82. The van der Waals surface area contributed by atoms with Crippen molar-refractivity contribution in [3.8, 4) is 0 Å². The first kappa shape index (κ1) is 29.8. The van der Waals surface area contributed by atoms with Gasteiger partial charge < -0.3 is 14.7 Å². The third-order valence-electron chi connectivity index (χ3n) is 5.57. The highest BCUT2D eigenvalue weighted by Gasteiger charge is 2.34. The fourth-order valence-electron chi connectivity index (χ4n) is 3.55. The van der Waals surface area contributed by atoms with Crippen molar-refractivity contribution in [2.75, 3.05) is 18.9 Å². The lowest BCUT2D eigenvalue weighted by Crippen LogP contribution is -2.18. The fourth-order valence-corrected chi connectivity index (χ4v) is 4.96. The monoisotopic (exact) mass is 539 g/mol. The standard InChI is InChI=1S/C24H31F5NO3PS/c1-23(2,18-6-8-19(25)9-7-18)10-3-4-13-35-22-15-21(26)17(14-20(22)24(27,28)29)16-30-11-5-12-33-34(31)32/h6-9,14-15,30,34H,3-5,10-13,16H2,1-2H3,(H,31,32). The molecule has 2 aromatic carbocycles. The second-order valence-electron chi connectivity index (χ2n) is 8.78. The molecule has 0 radical (unpaired) electrons. The van der Waals surface area contributed by atoms with Crippen LogP contribution in [0.1, 0.15) is 56.2 Å². The van der Waals surface area contributed by atoms with Gasteiger partial charge in [-0.3, -0.25) is 4.57 Å². The lowest BCUT2D eigenvalue weighted by molar-refractivity contribution is -0.139. The van der Waals surface area contributed by atoms with E-state index in [0.717, 1.165) is 42.3 Å². The number of unbranched alkanes of at least 4 members (excludes halogenated alkanes) is 1.